The standard InChI is InChI=1S/C21H27N5O3/c1-13-18(19-23-20(29-24-19)14-6-9-28-12-14)16-5-8-26(11-15(16)10-22-13)21(27)17-4-3-7-25(17)2/h10,14,17H,3-9,11-12H2,1-2H3/t14-,17-/m0/s1. The number of fused-ring (bicyclic) bond motifs is 1. The molecule has 154 valence electrons. The van der Waals surface area contributed by atoms with E-state index in [1.54, 1.807) is 0 Å². The molecule has 1 amide bonds. The van der Waals surface area contributed by atoms with Crippen LogP contribution in [0.5, 0.6) is 0 Å². The zero-order chi connectivity index (χ0) is 20.0. The Morgan fingerprint density at radius 1 is 1.28 bits per heavy atom. The van der Waals surface area contributed by atoms with E-state index in [-0.39, 0.29) is 17.9 Å². The Kier molecular flexibility index (Phi) is 4.83. The summed E-state index contributed by atoms with van der Waals surface area (Å²) in [5.74, 6) is 1.66. The number of carbonyl (C=O) groups is 1. The molecule has 2 fully saturated rings. The van der Waals surface area contributed by atoms with E-state index in [0.29, 0.717) is 31.4 Å². The SMILES string of the molecule is Cc1ncc2c(c1-c1noc([C@H]3CCOC3)n1)CCN(C(=O)[C@@H]1CCCN1C)C2. The highest BCUT2D eigenvalue weighted by Crippen LogP contribution is 2.33. The van der Waals surface area contributed by atoms with Crippen molar-refractivity contribution in [1.29, 1.82) is 0 Å². The summed E-state index contributed by atoms with van der Waals surface area (Å²) in [5, 5.41) is 4.26. The van der Waals surface area contributed by atoms with Gasteiger partial charge < -0.3 is 14.2 Å². The summed E-state index contributed by atoms with van der Waals surface area (Å²) in [7, 11) is 2.04. The van der Waals surface area contributed by atoms with Gasteiger partial charge in [-0.05, 0) is 57.3 Å². The van der Waals surface area contributed by atoms with Gasteiger partial charge >= 0.3 is 0 Å². The highest BCUT2D eigenvalue weighted by molar-refractivity contribution is 5.82. The Hall–Kier alpha value is -2.32. The first-order valence-corrected chi connectivity index (χ1v) is 10.5. The molecule has 2 atom stereocenters. The summed E-state index contributed by atoms with van der Waals surface area (Å²) in [4.78, 5) is 26.4. The second kappa shape index (κ2) is 7.50. The molecule has 0 N–H and O–H groups in total. The fourth-order valence-electron chi connectivity index (χ4n) is 4.80. The molecule has 0 spiro atoms. The van der Waals surface area contributed by atoms with Crippen LogP contribution in [0.4, 0.5) is 0 Å². The van der Waals surface area contributed by atoms with Gasteiger partial charge in [0.15, 0.2) is 0 Å². The van der Waals surface area contributed by atoms with Crippen molar-refractivity contribution in [3.8, 4) is 11.4 Å². The van der Waals surface area contributed by atoms with E-state index >= 15 is 0 Å². The molecule has 5 heterocycles. The third-order valence-corrected chi connectivity index (χ3v) is 6.52. The van der Waals surface area contributed by atoms with Gasteiger partial charge in [0.1, 0.15) is 0 Å². The normalized spacial score (nSPS) is 24.8. The van der Waals surface area contributed by atoms with Crippen molar-refractivity contribution in [2.24, 2.45) is 0 Å². The number of aromatic nitrogens is 3. The zero-order valence-corrected chi connectivity index (χ0v) is 17.1. The van der Waals surface area contributed by atoms with Crippen LogP contribution in [0, 0.1) is 6.92 Å². The molecule has 0 radical (unpaired) electrons. The molecule has 0 aliphatic carbocycles. The Bertz CT molecular complexity index is 921. The summed E-state index contributed by atoms with van der Waals surface area (Å²) >= 11 is 0. The number of nitrogens with zero attached hydrogens (tertiary/aromatic N) is 5. The zero-order valence-electron chi connectivity index (χ0n) is 17.1. The summed E-state index contributed by atoms with van der Waals surface area (Å²) in [6.45, 7) is 5.67. The maximum absolute atomic E-state index is 13.0. The van der Waals surface area contributed by atoms with Gasteiger partial charge in [-0.25, -0.2) is 0 Å². The van der Waals surface area contributed by atoms with Crippen molar-refractivity contribution in [1.82, 2.24) is 24.9 Å². The minimum Gasteiger partial charge on any atom is -0.381 e. The summed E-state index contributed by atoms with van der Waals surface area (Å²) in [5.41, 5.74) is 4.13. The molecule has 0 aromatic carbocycles. The van der Waals surface area contributed by atoms with Crippen LogP contribution in [0.1, 0.15) is 47.9 Å². The first-order chi connectivity index (χ1) is 14.1. The van der Waals surface area contributed by atoms with Gasteiger partial charge in [0.25, 0.3) is 0 Å². The van der Waals surface area contributed by atoms with E-state index in [9.17, 15) is 4.79 Å². The van der Waals surface area contributed by atoms with Crippen LogP contribution in [-0.4, -0.2) is 70.2 Å². The summed E-state index contributed by atoms with van der Waals surface area (Å²) in [6, 6.07) is 0.0165. The fraction of sp³-hybridized carbons (Fsp3) is 0.619. The lowest BCUT2D eigenvalue weighted by atomic mass is 9.94. The minimum absolute atomic E-state index is 0.0165. The predicted molar refractivity (Wildman–Crippen MR) is 105 cm³/mol. The van der Waals surface area contributed by atoms with Crippen molar-refractivity contribution >= 4 is 5.91 Å². The number of ether oxygens (including phenoxy) is 1. The van der Waals surface area contributed by atoms with E-state index in [2.05, 4.69) is 20.0 Å². The predicted octanol–water partition coefficient (Wildman–Crippen LogP) is 1.92. The topological polar surface area (TPSA) is 84.6 Å². The van der Waals surface area contributed by atoms with Gasteiger partial charge in [-0.3, -0.25) is 14.7 Å². The van der Waals surface area contributed by atoms with Crippen LogP contribution < -0.4 is 0 Å². The molecule has 8 heteroatoms. The number of pyridine rings is 1. The highest BCUT2D eigenvalue weighted by atomic mass is 16.5. The molecule has 2 aromatic heterocycles. The molecule has 2 aromatic rings. The van der Waals surface area contributed by atoms with Crippen molar-refractivity contribution in [2.45, 2.75) is 51.1 Å². The smallest absolute Gasteiger partial charge is 0.240 e. The molecule has 3 aliphatic heterocycles. The monoisotopic (exact) mass is 397 g/mol. The van der Waals surface area contributed by atoms with E-state index in [0.717, 1.165) is 55.7 Å². The largest absolute Gasteiger partial charge is 0.381 e. The fourth-order valence-corrected chi connectivity index (χ4v) is 4.80. The van der Waals surface area contributed by atoms with E-state index in [1.807, 2.05) is 25.1 Å². The van der Waals surface area contributed by atoms with Crippen LogP contribution in [0.2, 0.25) is 0 Å². The molecule has 3 aliphatic rings. The molecule has 29 heavy (non-hydrogen) atoms. The number of amides is 1. The Labute approximate surface area is 170 Å². The lowest BCUT2D eigenvalue weighted by molar-refractivity contribution is -0.136. The second-order valence-electron chi connectivity index (χ2n) is 8.39. The number of carbonyl (C=O) groups excluding carboxylic acids is 1. The van der Waals surface area contributed by atoms with E-state index < -0.39 is 0 Å². The summed E-state index contributed by atoms with van der Waals surface area (Å²) in [6.07, 6.45) is 5.64. The summed E-state index contributed by atoms with van der Waals surface area (Å²) < 4.78 is 11.0. The molecule has 0 saturated carbocycles. The van der Waals surface area contributed by atoms with Crippen LogP contribution in [-0.2, 0) is 22.5 Å². The third kappa shape index (κ3) is 3.34. The Balaban J connectivity index is 1.41. The molecule has 0 bridgehead atoms. The minimum atomic E-state index is 0.0165. The lowest BCUT2D eigenvalue weighted by Crippen LogP contribution is -2.46. The van der Waals surface area contributed by atoms with Gasteiger partial charge in [0.05, 0.1) is 18.6 Å². The molecule has 5 rings (SSSR count). The molecule has 8 nitrogen and oxygen atoms in total. The third-order valence-electron chi connectivity index (χ3n) is 6.52. The van der Waals surface area contributed by atoms with Gasteiger partial charge in [-0.15, -0.1) is 0 Å². The average Bonchev–Trinajstić information content (AvgIpc) is 3.48. The Morgan fingerprint density at radius 3 is 2.93 bits per heavy atom. The number of rotatable bonds is 3. The van der Waals surface area contributed by atoms with Crippen molar-refractivity contribution < 1.29 is 14.1 Å². The maximum Gasteiger partial charge on any atom is 0.240 e. The van der Waals surface area contributed by atoms with Crippen LogP contribution in [0.3, 0.4) is 0 Å². The highest BCUT2D eigenvalue weighted by Gasteiger charge is 2.34. The van der Waals surface area contributed by atoms with E-state index in [4.69, 9.17) is 9.26 Å². The van der Waals surface area contributed by atoms with Crippen LogP contribution in [0.15, 0.2) is 10.7 Å². The number of aryl methyl sites for hydroxylation is 1. The quantitative estimate of drug-likeness (QED) is 0.782. The van der Waals surface area contributed by atoms with Gasteiger partial charge in [-0.1, -0.05) is 5.16 Å². The molecular formula is C21H27N5O3. The number of likely N-dealkylation sites (tertiary alicyclic amines) is 1. The van der Waals surface area contributed by atoms with Gasteiger partial charge in [0, 0.05) is 37.2 Å². The van der Waals surface area contributed by atoms with Crippen molar-refractivity contribution in [2.75, 3.05) is 33.4 Å². The lowest BCUT2D eigenvalue weighted by Gasteiger charge is -2.33. The molecule has 2 saturated heterocycles. The Morgan fingerprint density at radius 2 is 2.17 bits per heavy atom. The first-order valence-electron chi connectivity index (χ1n) is 10.5. The number of likely N-dealkylation sites (N-methyl/N-ethyl adjacent to an activating group) is 1. The van der Waals surface area contributed by atoms with Crippen LogP contribution >= 0.6 is 0 Å². The maximum atomic E-state index is 13.0. The first kappa shape index (κ1) is 18.7. The van der Waals surface area contributed by atoms with E-state index in [1.165, 1.54) is 5.56 Å². The second-order valence-corrected chi connectivity index (χ2v) is 8.39. The van der Waals surface area contributed by atoms with Gasteiger partial charge in [0.2, 0.25) is 17.6 Å². The van der Waals surface area contributed by atoms with Crippen molar-refractivity contribution in [3.63, 3.8) is 0 Å². The van der Waals surface area contributed by atoms with Gasteiger partial charge in [-0.2, -0.15) is 4.98 Å². The van der Waals surface area contributed by atoms with Crippen molar-refractivity contribution in [3.05, 3.63) is 28.9 Å². The molecular weight excluding hydrogens is 370 g/mol. The van der Waals surface area contributed by atoms with Crippen LogP contribution in [0.25, 0.3) is 11.4 Å². The average molecular weight is 397 g/mol. The number of hydrogen-bond acceptors (Lipinski definition) is 7. The molecule has 0 unspecified atom stereocenters. The number of hydrogen-bond donors (Lipinski definition) is 0.